The van der Waals surface area contributed by atoms with E-state index >= 15 is 8.78 Å². The summed E-state index contributed by atoms with van der Waals surface area (Å²) in [6.45, 7) is -1.08. The molecule has 0 fully saturated rings. The molecule has 32 heavy (non-hydrogen) atoms. The highest BCUT2D eigenvalue weighted by Gasteiger charge is 2.57. The van der Waals surface area contributed by atoms with Gasteiger partial charge in [-0.15, -0.1) is 13.2 Å². The van der Waals surface area contributed by atoms with Crippen LogP contribution in [0.25, 0.3) is 11.1 Å². The molecule has 1 aromatic carbocycles. The lowest BCUT2D eigenvalue weighted by Crippen LogP contribution is -2.54. The molecule has 4 nitrogen and oxygen atoms in total. The lowest BCUT2D eigenvalue weighted by Gasteiger charge is -2.37. The van der Waals surface area contributed by atoms with Gasteiger partial charge in [-0.05, 0) is 29.8 Å². The number of aliphatic hydroxyl groups is 1. The average molecular weight is 462 g/mol. The zero-order valence-electron chi connectivity index (χ0n) is 16.2. The fraction of sp³-hybridized carbons (Fsp3) is 0.286. The molecule has 0 amide bonds. The van der Waals surface area contributed by atoms with Crippen molar-refractivity contribution < 1.29 is 40.6 Å². The van der Waals surface area contributed by atoms with Crippen molar-refractivity contribution in [3.8, 4) is 16.9 Å². The number of aromatic nitrogens is 1. The van der Waals surface area contributed by atoms with Gasteiger partial charge in [-0.25, -0.2) is 8.78 Å². The van der Waals surface area contributed by atoms with Gasteiger partial charge in [-0.2, -0.15) is 8.78 Å². The number of nitrogens with zero attached hydrogens (tertiary/aromatic N) is 1. The second kappa shape index (κ2) is 8.55. The van der Waals surface area contributed by atoms with E-state index in [1.807, 2.05) is 0 Å². The normalized spacial score (nSPS) is 19.1. The van der Waals surface area contributed by atoms with E-state index < -0.39 is 59.9 Å². The number of rotatable bonds is 6. The predicted octanol–water partition coefficient (Wildman–Crippen LogP) is 4.95. The highest BCUT2D eigenvalue weighted by atomic mass is 19.4. The Kier molecular flexibility index (Phi) is 6.34. The second-order valence-corrected chi connectivity index (χ2v) is 7.03. The van der Waals surface area contributed by atoms with Crippen LogP contribution in [0.4, 0.5) is 30.7 Å². The van der Waals surface area contributed by atoms with Gasteiger partial charge in [0.1, 0.15) is 23.4 Å². The van der Waals surface area contributed by atoms with Gasteiger partial charge in [-0.3, -0.25) is 4.98 Å². The highest BCUT2D eigenvalue weighted by Crippen LogP contribution is 2.45. The number of pyridine rings is 1. The second-order valence-electron chi connectivity index (χ2n) is 7.03. The quantitative estimate of drug-likeness (QED) is 0.597. The molecule has 172 valence electrons. The smallest absolute Gasteiger partial charge is 0.406 e. The van der Waals surface area contributed by atoms with Crippen LogP contribution in [-0.2, 0) is 5.92 Å². The minimum Gasteiger partial charge on any atom is -0.406 e. The fourth-order valence-corrected chi connectivity index (χ4v) is 3.23. The van der Waals surface area contributed by atoms with Crippen molar-refractivity contribution in [2.24, 2.45) is 5.73 Å². The summed E-state index contributed by atoms with van der Waals surface area (Å²) < 4.78 is 98.3. The van der Waals surface area contributed by atoms with Crippen LogP contribution in [0.15, 0.2) is 66.1 Å². The highest BCUT2D eigenvalue weighted by molar-refractivity contribution is 5.63. The number of halogens is 7. The van der Waals surface area contributed by atoms with Crippen molar-refractivity contribution in [2.45, 2.75) is 30.5 Å². The van der Waals surface area contributed by atoms with Crippen molar-refractivity contribution in [1.82, 2.24) is 4.98 Å². The minimum atomic E-state index is -4.86. The number of nitrogens with two attached hydrogens (primary N) is 1. The molecule has 1 aliphatic rings. The van der Waals surface area contributed by atoms with Crippen molar-refractivity contribution in [2.75, 3.05) is 6.54 Å². The lowest BCUT2D eigenvalue weighted by atomic mass is 9.81. The van der Waals surface area contributed by atoms with Crippen LogP contribution >= 0.6 is 0 Å². The van der Waals surface area contributed by atoms with Gasteiger partial charge in [0.2, 0.25) is 0 Å². The zero-order chi connectivity index (χ0) is 23.7. The molecule has 2 aromatic rings. The van der Waals surface area contributed by atoms with Gasteiger partial charge in [-0.1, -0.05) is 24.3 Å². The Hall–Kier alpha value is -2.92. The third-order valence-electron chi connectivity index (χ3n) is 4.90. The van der Waals surface area contributed by atoms with Crippen LogP contribution in [-0.4, -0.2) is 34.8 Å². The molecule has 0 radical (unpaired) electrons. The van der Waals surface area contributed by atoms with Crippen LogP contribution in [0.1, 0.15) is 12.1 Å². The summed E-state index contributed by atoms with van der Waals surface area (Å²) in [5, 5.41) is 10.6. The molecule has 1 aromatic heterocycles. The van der Waals surface area contributed by atoms with Crippen LogP contribution in [0.3, 0.4) is 0 Å². The summed E-state index contributed by atoms with van der Waals surface area (Å²) in [5.41, 5.74) is 1.06. The first-order chi connectivity index (χ1) is 14.9. The van der Waals surface area contributed by atoms with E-state index in [-0.39, 0.29) is 5.56 Å². The van der Waals surface area contributed by atoms with Crippen molar-refractivity contribution in [3.63, 3.8) is 0 Å². The SMILES string of the molecule is NC[C@](O)(C1=CCC(F)C=C1F)C(F)(F)c1ccc(-c2ccc(OC(F)(F)F)cc2)cn1. The number of ether oxygens (including phenoxy) is 1. The van der Waals surface area contributed by atoms with Crippen molar-refractivity contribution >= 4 is 0 Å². The number of hydrogen-bond acceptors (Lipinski definition) is 4. The van der Waals surface area contributed by atoms with Crippen LogP contribution in [0.2, 0.25) is 0 Å². The molecule has 0 spiro atoms. The molecule has 11 heteroatoms. The summed E-state index contributed by atoms with van der Waals surface area (Å²) >= 11 is 0. The van der Waals surface area contributed by atoms with Crippen LogP contribution < -0.4 is 10.5 Å². The minimum absolute atomic E-state index is 0.280. The molecule has 0 saturated carbocycles. The van der Waals surface area contributed by atoms with Gasteiger partial charge in [0.15, 0.2) is 5.60 Å². The van der Waals surface area contributed by atoms with E-state index in [4.69, 9.17) is 5.73 Å². The summed E-state index contributed by atoms with van der Waals surface area (Å²) in [6, 6.07) is 6.70. The van der Waals surface area contributed by atoms with E-state index in [2.05, 4.69) is 9.72 Å². The van der Waals surface area contributed by atoms with Gasteiger partial charge >= 0.3 is 12.3 Å². The largest absolute Gasteiger partial charge is 0.573 e. The summed E-state index contributed by atoms with van der Waals surface area (Å²) in [5.74, 6) is -5.95. The fourth-order valence-electron chi connectivity index (χ4n) is 3.23. The maximum Gasteiger partial charge on any atom is 0.573 e. The Balaban J connectivity index is 1.88. The van der Waals surface area contributed by atoms with Crippen molar-refractivity contribution in [1.29, 1.82) is 0 Å². The van der Waals surface area contributed by atoms with Crippen molar-refractivity contribution in [3.05, 3.63) is 71.8 Å². The molecule has 1 heterocycles. The van der Waals surface area contributed by atoms with Gasteiger partial charge in [0, 0.05) is 30.3 Å². The molecule has 0 saturated heterocycles. The van der Waals surface area contributed by atoms with E-state index in [9.17, 15) is 27.1 Å². The van der Waals surface area contributed by atoms with Crippen LogP contribution in [0.5, 0.6) is 5.75 Å². The number of hydrogen-bond donors (Lipinski definition) is 2. The topological polar surface area (TPSA) is 68.4 Å². The Labute approximate surface area is 177 Å². The summed E-state index contributed by atoms with van der Waals surface area (Å²) in [6.07, 6.45) is -4.64. The third kappa shape index (κ3) is 4.63. The lowest BCUT2D eigenvalue weighted by molar-refractivity contribution is -0.274. The maximum absolute atomic E-state index is 15.2. The number of allylic oxidation sites excluding steroid dienone is 2. The van der Waals surface area contributed by atoms with E-state index in [0.717, 1.165) is 30.5 Å². The van der Waals surface area contributed by atoms with E-state index in [0.29, 0.717) is 11.6 Å². The molecule has 3 rings (SSSR count). The molecule has 1 unspecified atom stereocenters. The van der Waals surface area contributed by atoms with E-state index in [1.165, 1.54) is 18.2 Å². The first kappa shape index (κ1) is 23.7. The first-order valence-electron chi connectivity index (χ1n) is 9.23. The maximum atomic E-state index is 15.2. The van der Waals surface area contributed by atoms with Gasteiger partial charge in [0.25, 0.3) is 0 Å². The summed E-state index contributed by atoms with van der Waals surface area (Å²) in [4.78, 5) is 3.64. The monoisotopic (exact) mass is 462 g/mol. The Morgan fingerprint density at radius 1 is 1.03 bits per heavy atom. The molecule has 3 N–H and O–H groups in total. The molecular weight excluding hydrogens is 445 g/mol. The first-order valence-corrected chi connectivity index (χ1v) is 9.23. The molecule has 0 aliphatic heterocycles. The molecule has 1 aliphatic carbocycles. The predicted molar refractivity (Wildman–Crippen MR) is 101 cm³/mol. The van der Waals surface area contributed by atoms with Gasteiger partial charge in [0.05, 0.1) is 0 Å². The Bertz CT molecular complexity index is 1020. The van der Waals surface area contributed by atoms with Gasteiger partial charge < -0.3 is 15.6 Å². The average Bonchev–Trinajstić information content (AvgIpc) is 2.72. The van der Waals surface area contributed by atoms with E-state index in [1.54, 1.807) is 0 Å². The third-order valence-corrected chi connectivity index (χ3v) is 4.90. The zero-order valence-corrected chi connectivity index (χ0v) is 16.2. The van der Waals surface area contributed by atoms with Crippen LogP contribution in [0, 0.1) is 0 Å². The number of alkyl halides is 6. The molecular formula is C21H17F7N2O2. The standard InChI is InChI=1S/C21H17F7N2O2/c22-14-4-7-16(17(23)9-14)19(31,11-29)20(24,25)18-8-3-13(10-30-18)12-1-5-15(6-2-12)32-21(26,27)28/h1-3,5-10,14,31H,4,11,29H2/t14?,19-/m0/s1. The number of benzene rings is 1. The molecule has 2 atom stereocenters. The Morgan fingerprint density at radius 2 is 1.66 bits per heavy atom. The summed E-state index contributed by atoms with van der Waals surface area (Å²) in [7, 11) is 0. The molecule has 0 bridgehead atoms. The Morgan fingerprint density at radius 3 is 2.16 bits per heavy atom.